The molecular formula is C14H15N3O2. The van der Waals surface area contributed by atoms with Crippen molar-refractivity contribution in [2.45, 2.75) is 19.9 Å². The molecule has 2 heterocycles. The minimum atomic E-state index is -0.107. The van der Waals surface area contributed by atoms with Gasteiger partial charge in [-0.2, -0.15) is 0 Å². The molecule has 1 atom stereocenters. The van der Waals surface area contributed by atoms with Crippen LogP contribution in [0.4, 0.5) is 0 Å². The van der Waals surface area contributed by atoms with Gasteiger partial charge in [-0.25, -0.2) is 0 Å². The molecule has 1 unspecified atom stereocenters. The van der Waals surface area contributed by atoms with E-state index in [0.717, 1.165) is 5.56 Å². The van der Waals surface area contributed by atoms with Crippen LogP contribution in [0.2, 0.25) is 0 Å². The molecule has 5 heteroatoms. The minimum Gasteiger partial charge on any atom is -0.493 e. The average Bonchev–Trinajstić information content (AvgIpc) is 2.86. The van der Waals surface area contributed by atoms with Crippen LogP contribution >= 0.6 is 0 Å². The summed E-state index contributed by atoms with van der Waals surface area (Å²) < 4.78 is 7.35. The molecule has 0 radical (unpaired) electrons. The number of ketones is 1. The zero-order valence-corrected chi connectivity index (χ0v) is 10.7. The lowest BCUT2D eigenvalue weighted by Gasteiger charge is -2.12. The lowest BCUT2D eigenvalue weighted by atomic mass is 9.94. The van der Waals surface area contributed by atoms with Crippen molar-refractivity contribution in [2.75, 3.05) is 6.61 Å². The van der Waals surface area contributed by atoms with Crippen LogP contribution in [0.1, 0.15) is 22.3 Å². The highest BCUT2D eigenvalue weighted by Gasteiger charge is 2.27. The fraction of sp³-hybridized carbons (Fsp3) is 0.357. The summed E-state index contributed by atoms with van der Waals surface area (Å²) in [5.74, 6) is 0.716. The van der Waals surface area contributed by atoms with E-state index in [9.17, 15) is 4.79 Å². The topological polar surface area (TPSA) is 57.0 Å². The molecule has 2 aromatic rings. The van der Waals surface area contributed by atoms with Gasteiger partial charge in [0.25, 0.3) is 0 Å². The number of benzene rings is 1. The van der Waals surface area contributed by atoms with E-state index in [-0.39, 0.29) is 11.7 Å². The number of hydrogen-bond donors (Lipinski definition) is 0. The van der Waals surface area contributed by atoms with Crippen LogP contribution in [0, 0.1) is 12.8 Å². The van der Waals surface area contributed by atoms with Crippen molar-refractivity contribution >= 4 is 5.78 Å². The summed E-state index contributed by atoms with van der Waals surface area (Å²) in [6.45, 7) is 3.08. The number of ether oxygens (including phenoxy) is 1. The normalized spacial score (nSPS) is 18.6. The Hall–Kier alpha value is -2.17. The highest BCUT2D eigenvalue weighted by molar-refractivity contribution is 6.00. The Morgan fingerprint density at radius 2 is 2.37 bits per heavy atom. The molecule has 0 fully saturated rings. The van der Waals surface area contributed by atoms with Crippen LogP contribution < -0.4 is 4.74 Å². The number of fused-ring (bicyclic) bond motifs is 1. The van der Waals surface area contributed by atoms with E-state index in [4.69, 9.17) is 4.74 Å². The zero-order chi connectivity index (χ0) is 13.2. The molecule has 0 spiro atoms. The van der Waals surface area contributed by atoms with Crippen molar-refractivity contribution in [3.8, 4) is 5.75 Å². The fourth-order valence-electron chi connectivity index (χ4n) is 2.35. The summed E-state index contributed by atoms with van der Waals surface area (Å²) in [4.78, 5) is 12.6. The summed E-state index contributed by atoms with van der Waals surface area (Å²) in [5, 5.41) is 7.69. The molecule has 0 bridgehead atoms. The maximum absolute atomic E-state index is 12.6. The molecule has 0 N–H and O–H groups in total. The lowest BCUT2D eigenvalue weighted by Crippen LogP contribution is -2.21. The molecule has 1 aromatic carbocycles. The summed E-state index contributed by atoms with van der Waals surface area (Å²) in [7, 11) is 0. The first-order valence-corrected chi connectivity index (χ1v) is 6.36. The number of hydrogen-bond acceptors (Lipinski definition) is 4. The molecule has 0 aliphatic carbocycles. The van der Waals surface area contributed by atoms with Gasteiger partial charge in [0.15, 0.2) is 5.78 Å². The van der Waals surface area contributed by atoms with Gasteiger partial charge >= 0.3 is 0 Å². The molecule has 0 saturated heterocycles. The van der Waals surface area contributed by atoms with Crippen LogP contribution in [0.25, 0.3) is 0 Å². The van der Waals surface area contributed by atoms with E-state index >= 15 is 0 Å². The first-order chi connectivity index (χ1) is 9.24. The van der Waals surface area contributed by atoms with Gasteiger partial charge in [0, 0.05) is 12.1 Å². The van der Waals surface area contributed by atoms with E-state index < -0.39 is 0 Å². The quantitative estimate of drug-likeness (QED) is 0.824. The standard InChI is InChI=1S/C14H15N3O2/c1-10-2-3-13-12(8-10)14(18)11(4-7-19-13)9-17-6-5-15-16-17/h2-3,5-6,8,11H,4,7,9H2,1H3. The first-order valence-electron chi connectivity index (χ1n) is 6.36. The SMILES string of the molecule is Cc1ccc2c(c1)C(=O)C(Cn1ccnn1)CCO2. The second-order valence-electron chi connectivity index (χ2n) is 4.82. The number of nitrogens with zero attached hydrogens (tertiary/aromatic N) is 3. The van der Waals surface area contributed by atoms with Crippen molar-refractivity contribution in [1.29, 1.82) is 0 Å². The van der Waals surface area contributed by atoms with Crippen molar-refractivity contribution in [3.63, 3.8) is 0 Å². The largest absolute Gasteiger partial charge is 0.493 e. The Morgan fingerprint density at radius 1 is 1.47 bits per heavy atom. The van der Waals surface area contributed by atoms with Crippen LogP contribution in [0.15, 0.2) is 30.6 Å². The predicted molar refractivity (Wildman–Crippen MR) is 69.1 cm³/mol. The van der Waals surface area contributed by atoms with Gasteiger partial charge in [-0.3, -0.25) is 9.48 Å². The number of aromatic nitrogens is 3. The maximum atomic E-state index is 12.6. The molecule has 5 nitrogen and oxygen atoms in total. The molecule has 1 aromatic heterocycles. The Balaban J connectivity index is 1.90. The van der Waals surface area contributed by atoms with E-state index in [1.165, 1.54) is 0 Å². The van der Waals surface area contributed by atoms with Crippen LogP contribution in [-0.4, -0.2) is 27.4 Å². The van der Waals surface area contributed by atoms with Crippen molar-refractivity contribution in [3.05, 3.63) is 41.7 Å². The fourth-order valence-corrected chi connectivity index (χ4v) is 2.35. The van der Waals surface area contributed by atoms with E-state index in [1.54, 1.807) is 17.1 Å². The van der Waals surface area contributed by atoms with Gasteiger partial charge in [0.2, 0.25) is 0 Å². The molecule has 0 saturated carbocycles. The highest BCUT2D eigenvalue weighted by Crippen LogP contribution is 2.28. The molecular weight excluding hydrogens is 242 g/mol. The third-order valence-corrected chi connectivity index (χ3v) is 3.37. The number of carbonyl (C=O) groups excluding carboxylic acids is 1. The third kappa shape index (κ3) is 2.36. The Bertz CT molecular complexity index is 593. The van der Waals surface area contributed by atoms with Crippen molar-refractivity contribution < 1.29 is 9.53 Å². The third-order valence-electron chi connectivity index (χ3n) is 3.37. The molecule has 98 valence electrons. The van der Waals surface area contributed by atoms with Crippen LogP contribution in [-0.2, 0) is 6.54 Å². The number of aryl methyl sites for hydroxylation is 1. The second-order valence-corrected chi connectivity index (χ2v) is 4.82. The summed E-state index contributed by atoms with van der Waals surface area (Å²) in [5.41, 5.74) is 1.75. The van der Waals surface area contributed by atoms with Gasteiger partial charge in [-0.05, 0) is 25.5 Å². The van der Waals surface area contributed by atoms with Gasteiger partial charge < -0.3 is 4.74 Å². The minimum absolute atomic E-state index is 0.107. The Labute approximate surface area is 111 Å². The van der Waals surface area contributed by atoms with Crippen LogP contribution in [0.5, 0.6) is 5.75 Å². The molecule has 3 rings (SSSR count). The Kier molecular flexibility index (Phi) is 3.03. The smallest absolute Gasteiger partial charge is 0.171 e. The van der Waals surface area contributed by atoms with E-state index in [0.29, 0.717) is 30.9 Å². The number of carbonyl (C=O) groups is 1. The predicted octanol–water partition coefficient (Wildman–Crippen LogP) is 1.87. The molecule has 19 heavy (non-hydrogen) atoms. The van der Waals surface area contributed by atoms with Gasteiger partial charge in [0.1, 0.15) is 5.75 Å². The lowest BCUT2D eigenvalue weighted by molar-refractivity contribution is 0.0898. The summed E-state index contributed by atoms with van der Waals surface area (Å²) in [6.07, 6.45) is 4.10. The summed E-state index contributed by atoms with van der Waals surface area (Å²) in [6, 6.07) is 5.74. The van der Waals surface area contributed by atoms with Crippen molar-refractivity contribution in [2.24, 2.45) is 5.92 Å². The van der Waals surface area contributed by atoms with Gasteiger partial charge in [-0.15, -0.1) is 5.10 Å². The van der Waals surface area contributed by atoms with Crippen LogP contribution in [0.3, 0.4) is 0 Å². The van der Waals surface area contributed by atoms with E-state index in [1.807, 2.05) is 25.1 Å². The molecule has 0 amide bonds. The monoisotopic (exact) mass is 257 g/mol. The summed E-state index contributed by atoms with van der Waals surface area (Å²) >= 11 is 0. The first kappa shape index (κ1) is 11.9. The average molecular weight is 257 g/mol. The second kappa shape index (κ2) is 4.84. The highest BCUT2D eigenvalue weighted by atomic mass is 16.5. The van der Waals surface area contributed by atoms with Gasteiger partial charge in [-0.1, -0.05) is 16.8 Å². The Morgan fingerprint density at radius 3 is 3.16 bits per heavy atom. The molecule has 1 aliphatic rings. The van der Waals surface area contributed by atoms with Gasteiger partial charge in [0.05, 0.1) is 24.9 Å². The zero-order valence-electron chi connectivity index (χ0n) is 10.7. The maximum Gasteiger partial charge on any atom is 0.171 e. The van der Waals surface area contributed by atoms with E-state index in [2.05, 4.69) is 10.3 Å². The molecule has 1 aliphatic heterocycles. The van der Waals surface area contributed by atoms with Crippen molar-refractivity contribution in [1.82, 2.24) is 15.0 Å². The number of rotatable bonds is 2. The number of Topliss-reactive ketones (excluding diaryl/α,β-unsaturated/α-hetero) is 1.